The Morgan fingerprint density at radius 3 is 2.86 bits per heavy atom. The Balaban J connectivity index is 2.03. The second-order valence-corrected chi connectivity index (χ2v) is 4.88. The second kappa shape index (κ2) is 5.79. The first kappa shape index (κ1) is 13.4. The molecule has 21 heavy (non-hydrogen) atoms. The molecule has 0 fully saturated rings. The quantitative estimate of drug-likeness (QED) is 0.799. The number of benzene rings is 1. The summed E-state index contributed by atoms with van der Waals surface area (Å²) in [5.74, 6) is 0.833. The van der Waals surface area contributed by atoms with E-state index >= 15 is 0 Å². The Labute approximate surface area is 123 Å². The van der Waals surface area contributed by atoms with Crippen molar-refractivity contribution in [1.29, 1.82) is 0 Å². The lowest BCUT2D eigenvalue weighted by atomic mass is 10.1. The number of anilines is 1. The lowest BCUT2D eigenvalue weighted by Gasteiger charge is -2.11. The van der Waals surface area contributed by atoms with Crippen LogP contribution in [-0.2, 0) is 6.54 Å². The molecule has 0 bridgehead atoms. The summed E-state index contributed by atoms with van der Waals surface area (Å²) < 4.78 is 1.72. The molecule has 1 aromatic carbocycles. The third-order valence-electron chi connectivity index (χ3n) is 3.46. The number of rotatable bonds is 4. The first-order chi connectivity index (χ1) is 10.3. The minimum Gasteiger partial charge on any atom is -0.370 e. The van der Waals surface area contributed by atoms with Gasteiger partial charge in [-0.15, -0.1) is 0 Å². The van der Waals surface area contributed by atoms with Crippen molar-refractivity contribution in [3.63, 3.8) is 0 Å². The predicted octanol–water partition coefficient (Wildman–Crippen LogP) is 2.88. The summed E-state index contributed by atoms with van der Waals surface area (Å²) in [6.07, 6.45) is 3.60. The molecular weight excluding hydrogens is 262 g/mol. The van der Waals surface area contributed by atoms with Crippen molar-refractivity contribution in [3.8, 4) is 0 Å². The maximum Gasteiger partial charge on any atom is 0.258 e. The number of nitrogens with one attached hydrogen (secondary N) is 1. The molecule has 3 rings (SSSR count). The minimum atomic E-state index is 0.0272. The molecule has 0 saturated heterocycles. The molecule has 0 aliphatic carbocycles. The van der Waals surface area contributed by atoms with Crippen LogP contribution in [0.15, 0.2) is 59.7 Å². The Morgan fingerprint density at radius 2 is 2.00 bits per heavy atom. The molecule has 0 spiro atoms. The molecule has 3 aromatic rings. The molecule has 0 amide bonds. The summed E-state index contributed by atoms with van der Waals surface area (Å²) in [4.78, 5) is 16.9. The second-order valence-electron chi connectivity index (χ2n) is 4.88. The van der Waals surface area contributed by atoms with Gasteiger partial charge < -0.3 is 9.88 Å². The number of aromatic nitrogens is 2. The summed E-state index contributed by atoms with van der Waals surface area (Å²) in [5.41, 5.74) is 1.04. The monoisotopic (exact) mass is 279 g/mol. The lowest BCUT2D eigenvalue weighted by Crippen LogP contribution is -2.20. The van der Waals surface area contributed by atoms with E-state index in [0.29, 0.717) is 6.54 Å². The molecule has 4 heteroatoms. The van der Waals surface area contributed by atoms with Gasteiger partial charge in [-0.25, -0.2) is 4.98 Å². The first-order valence-corrected chi connectivity index (χ1v) is 7.05. The van der Waals surface area contributed by atoms with Gasteiger partial charge in [0, 0.05) is 29.9 Å². The van der Waals surface area contributed by atoms with Gasteiger partial charge in [-0.05, 0) is 30.5 Å². The van der Waals surface area contributed by atoms with E-state index in [1.807, 2.05) is 55.6 Å². The number of nitrogens with zero attached hydrogens (tertiary/aromatic N) is 2. The molecule has 0 atom stereocenters. The molecule has 1 N–H and O–H groups in total. The Hall–Kier alpha value is -2.62. The number of fused-ring (bicyclic) bond motifs is 1. The van der Waals surface area contributed by atoms with Crippen LogP contribution in [0.25, 0.3) is 10.8 Å². The van der Waals surface area contributed by atoms with Crippen LogP contribution in [0.3, 0.4) is 0 Å². The van der Waals surface area contributed by atoms with E-state index in [0.717, 1.165) is 28.7 Å². The van der Waals surface area contributed by atoms with Crippen LogP contribution >= 0.6 is 0 Å². The molecule has 2 aromatic heterocycles. The van der Waals surface area contributed by atoms with Crippen molar-refractivity contribution < 1.29 is 0 Å². The van der Waals surface area contributed by atoms with Crippen molar-refractivity contribution in [3.05, 3.63) is 70.8 Å². The maximum absolute atomic E-state index is 12.5. The molecule has 4 nitrogen and oxygen atoms in total. The van der Waals surface area contributed by atoms with Crippen molar-refractivity contribution in [1.82, 2.24) is 9.55 Å². The van der Waals surface area contributed by atoms with Gasteiger partial charge in [0.15, 0.2) is 0 Å². The fourth-order valence-electron chi connectivity index (χ4n) is 2.43. The minimum absolute atomic E-state index is 0.0272. The first-order valence-electron chi connectivity index (χ1n) is 7.05. The number of pyridine rings is 2. The van der Waals surface area contributed by atoms with Crippen LogP contribution in [0.2, 0.25) is 0 Å². The van der Waals surface area contributed by atoms with Gasteiger partial charge in [-0.3, -0.25) is 4.79 Å². The van der Waals surface area contributed by atoms with E-state index in [4.69, 9.17) is 0 Å². The van der Waals surface area contributed by atoms with Crippen molar-refractivity contribution in [2.24, 2.45) is 0 Å². The summed E-state index contributed by atoms with van der Waals surface area (Å²) in [7, 11) is 0. The SMILES string of the molecule is CCNc1ncccc1Cn1ccc2ccccc2c1=O. The van der Waals surface area contributed by atoms with Crippen LogP contribution in [0.5, 0.6) is 0 Å². The van der Waals surface area contributed by atoms with Crippen molar-refractivity contribution >= 4 is 16.6 Å². The van der Waals surface area contributed by atoms with Gasteiger partial charge in [0.25, 0.3) is 5.56 Å². The number of hydrogen-bond donors (Lipinski definition) is 1. The largest absolute Gasteiger partial charge is 0.370 e. The molecule has 0 unspecified atom stereocenters. The van der Waals surface area contributed by atoms with Gasteiger partial charge >= 0.3 is 0 Å². The fourth-order valence-corrected chi connectivity index (χ4v) is 2.43. The standard InChI is InChI=1S/C17H17N3O/c1-2-18-16-14(7-5-10-19-16)12-20-11-9-13-6-3-4-8-15(13)17(20)21/h3-11H,2,12H2,1H3,(H,18,19). The third-order valence-corrected chi connectivity index (χ3v) is 3.46. The third kappa shape index (κ3) is 2.65. The molecule has 0 aliphatic heterocycles. The van der Waals surface area contributed by atoms with Gasteiger partial charge in [-0.2, -0.15) is 0 Å². The highest BCUT2D eigenvalue weighted by Gasteiger charge is 2.06. The van der Waals surface area contributed by atoms with Gasteiger partial charge in [-0.1, -0.05) is 24.3 Å². The van der Waals surface area contributed by atoms with E-state index in [1.165, 1.54) is 0 Å². The summed E-state index contributed by atoms with van der Waals surface area (Å²) in [5, 5.41) is 4.94. The molecule has 106 valence electrons. The van der Waals surface area contributed by atoms with E-state index in [2.05, 4.69) is 10.3 Å². The average molecular weight is 279 g/mol. The van der Waals surface area contributed by atoms with Crippen LogP contribution < -0.4 is 10.9 Å². The molecule has 0 saturated carbocycles. The molecule has 0 aliphatic rings. The fraction of sp³-hybridized carbons (Fsp3) is 0.176. The zero-order valence-corrected chi connectivity index (χ0v) is 11.9. The van der Waals surface area contributed by atoms with E-state index < -0.39 is 0 Å². The van der Waals surface area contributed by atoms with Crippen LogP contribution in [0.4, 0.5) is 5.82 Å². The molecular formula is C17H17N3O. The summed E-state index contributed by atoms with van der Waals surface area (Å²) in [6.45, 7) is 3.34. The maximum atomic E-state index is 12.5. The molecule has 0 radical (unpaired) electrons. The molecule has 2 heterocycles. The average Bonchev–Trinajstić information content (AvgIpc) is 2.52. The summed E-state index contributed by atoms with van der Waals surface area (Å²) in [6, 6.07) is 13.5. The lowest BCUT2D eigenvalue weighted by molar-refractivity contribution is 0.765. The van der Waals surface area contributed by atoms with Gasteiger partial charge in [0.2, 0.25) is 0 Å². The van der Waals surface area contributed by atoms with Gasteiger partial charge in [0.05, 0.1) is 6.54 Å². The van der Waals surface area contributed by atoms with Crippen LogP contribution in [-0.4, -0.2) is 16.1 Å². The Morgan fingerprint density at radius 1 is 1.14 bits per heavy atom. The van der Waals surface area contributed by atoms with E-state index in [9.17, 15) is 4.79 Å². The van der Waals surface area contributed by atoms with Crippen LogP contribution in [0.1, 0.15) is 12.5 Å². The zero-order chi connectivity index (χ0) is 14.7. The topological polar surface area (TPSA) is 46.9 Å². The normalized spacial score (nSPS) is 10.7. The predicted molar refractivity (Wildman–Crippen MR) is 85.7 cm³/mol. The van der Waals surface area contributed by atoms with Crippen molar-refractivity contribution in [2.45, 2.75) is 13.5 Å². The Bertz CT molecular complexity index is 823. The smallest absolute Gasteiger partial charge is 0.258 e. The van der Waals surface area contributed by atoms with Crippen LogP contribution in [0, 0.1) is 0 Å². The van der Waals surface area contributed by atoms with Crippen molar-refractivity contribution in [2.75, 3.05) is 11.9 Å². The summed E-state index contributed by atoms with van der Waals surface area (Å²) >= 11 is 0. The number of hydrogen-bond acceptors (Lipinski definition) is 3. The highest BCUT2D eigenvalue weighted by molar-refractivity contribution is 5.81. The van der Waals surface area contributed by atoms with E-state index in [1.54, 1.807) is 10.8 Å². The van der Waals surface area contributed by atoms with E-state index in [-0.39, 0.29) is 5.56 Å². The highest BCUT2D eigenvalue weighted by Crippen LogP contribution is 2.14. The zero-order valence-electron chi connectivity index (χ0n) is 11.9. The highest BCUT2D eigenvalue weighted by atomic mass is 16.1. The van der Waals surface area contributed by atoms with Gasteiger partial charge in [0.1, 0.15) is 5.82 Å². The Kier molecular flexibility index (Phi) is 3.69.